The second-order valence-corrected chi connectivity index (χ2v) is 5.67. The summed E-state index contributed by atoms with van der Waals surface area (Å²) >= 11 is 3.47. The Kier molecular flexibility index (Phi) is 4.42. The number of hydrogen-bond acceptors (Lipinski definition) is 1. The van der Waals surface area contributed by atoms with Gasteiger partial charge >= 0.3 is 0 Å². The Morgan fingerprint density at radius 2 is 2.00 bits per heavy atom. The zero-order chi connectivity index (χ0) is 11.4. The van der Waals surface area contributed by atoms with Crippen molar-refractivity contribution in [2.45, 2.75) is 38.1 Å². The Morgan fingerprint density at radius 1 is 1.31 bits per heavy atom. The molecule has 0 saturated heterocycles. The van der Waals surface area contributed by atoms with Gasteiger partial charge in [0.2, 0.25) is 0 Å². The first-order chi connectivity index (χ1) is 7.79. The standard InChI is InChI=1S/C14H20BrN/c1-16-14(12-7-8-12)4-2-3-11-5-9-13(15)10-6-11/h5-6,9-10,12,14,16H,2-4,7-8H2,1H3. The van der Waals surface area contributed by atoms with Gasteiger partial charge in [-0.25, -0.2) is 0 Å². The molecule has 1 aliphatic carbocycles. The monoisotopic (exact) mass is 281 g/mol. The van der Waals surface area contributed by atoms with Crippen LogP contribution in [-0.2, 0) is 6.42 Å². The van der Waals surface area contributed by atoms with Crippen LogP contribution in [0.4, 0.5) is 0 Å². The van der Waals surface area contributed by atoms with Crippen molar-refractivity contribution in [3.05, 3.63) is 34.3 Å². The zero-order valence-corrected chi connectivity index (χ0v) is 11.5. The lowest BCUT2D eigenvalue weighted by Gasteiger charge is -2.14. The van der Waals surface area contributed by atoms with Crippen LogP contribution in [0.15, 0.2) is 28.7 Å². The molecule has 2 rings (SSSR count). The first-order valence-corrected chi connectivity index (χ1v) is 7.00. The molecule has 1 unspecified atom stereocenters. The Hall–Kier alpha value is -0.340. The third-order valence-corrected chi connectivity index (χ3v) is 3.98. The third kappa shape index (κ3) is 3.60. The summed E-state index contributed by atoms with van der Waals surface area (Å²) in [6, 6.07) is 9.46. The maximum atomic E-state index is 3.47. The van der Waals surface area contributed by atoms with Crippen LogP contribution in [0, 0.1) is 5.92 Å². The SMILES string of the molecule is CNC(CCCc1ccc(Br)cc1)C1CC1. The zero-order valence-electron chi connectivity index (χ0n) is 9.88. The Morgan fingerprint density at radius 3 is 2.56 bits per heavy atom. The quantitative estimate of drug-likeness (QED) is 0.837. The van der Waals surface area contributed by atoms with E-state index in [4.69, 9.17) is 0 Å². The van der Waals surface area contributed by atoms with Crippen molar-refractivity contribution in [1.82, 2.24) is 5.32 Å². The molecule has 0 spiro atoms. The van der Waals surface area contributed by atoms with Crippen LogP contribution in [-0.4, -0.2) is 13.1 Å². The van der Waals surface area contributed by atoms with Crippen molar-refractivity contribution < 1.29 is 0 Å². The molecule has 0 heterocycles. The molecule has 0 aliphatic heterocycles. The molecule has 1 atom stereocenters. The molecule has 16 heavy (non-hydrogen) atoms. The van der Waals surface area contributed by atoms with E-state index < -0.39 is 0 Å². The lowest BCUT2D eigenvalue weighted by molar-refractivity contribution is 0.456. The van der Waals surface area contributed by atoms with E-state index in [0.717, 1.165) is 12.0 Å². The fourth-order valence-corrected chi connectivity index (χ4v) is 2.56. The number of aryl methyl sites for hydroxylation is 1. The van der Waals surface area contributed by atoms with E-state index in [-0.39, 0.29) is 0 Å². The minimum absolute atomic E-state index is 0.760. The van der Waals surface area contributed by atoms with E-state index in [1.54, 1.807) is 0 Å². The minimum Gasteiger partial charge on any atom is -0.317 e. The molecular weight excluding hydrogens is 262 g/mol. The second-order valence-electron chi connectivity index (χ2n) is 4.75. The molecule has 0 amide bonds. The highest BCUT2D eigenvalue weighted by molar-refractivity contribution is 9.10. The number of rotatable bonds is 6. The molecule has 88 valence electrons. The first kappa shape index (κ1) is 12.1. The van der Waals surface area contributed by atoms with Crippen LogP contribution < -0.4 is 5.32 Å². The summed E-state index contributed by atoms with van der Waals surface area (Å²) in [5.74, 6) is 0.968. The summed E-state index contributed by atoms with van der Waals surface area (Å²) in [4.78, 5) is 0. The van der Waals surface area contributed by atoms with E-state index in [2.05, 4.69) is 52.6 Å². The average Bonchev–Trinajstić information content (AvgIpc) is 3.11. The topological polar surface area (TPSA) is 12.0 Å². The highest BCUT2D eigenvalue weighted by atomic mass is 79.9. The molecule has 1 N–H and O–H groups in total. The van der Waals surface area contributed by atoms with E-state index in [1.165, 1.54) is 42.1 Å². The molecule has 1 saturated carbocycles. The van der Waals surface area contributed by atoms with Crippen LogP contribution in [0.2, 0.25) is 0 Å². The second kappa shape index (κ2) is 5.83. The average molecular weight is 282 g/mol. The molecule has 1 fully saturated rings. The van der Waals surface area contributed by atoms with Crippen LogP contribution in [0.3, 0.4) is 0 Å². The van der Waals surface area contributed by atoms with E-state index in [9.17, 15) is 0 Å². The number of benzene rings is 1. The van der Waals surface area contributed by atoms with Gasteiger partial charge < -0.3 is 5.32 Å². The van der Waals surface area contributed by atoms with Gasteiger partial charge in [-0.1, -0.05) is 28.1 Å². The largest absolute Gasteiger partial charge is 0.317 e. The van der Waals surface area contributed by atoms with Gasteiger partial charge in [-0.05, 0) is 62.8 Å². The van der Waals surface area contributed by atoms with Gasteiger partial charge in [0, 0.05) is 10.5 Å². The number of nitrogens with one attached hydrogen (secondary N) is 1. The van der Waals surface area contributed by atoms with E-state index in [0.29, 0.717) is 0 Å². The fraction of sp³-hybridized carbons (Fsp3) is 0.571. The first-order valence-electron chi connectivity index (χ1n) is 6.21. The summed E-state index contributed by atoms with van der Waals surface area (Å²) in [6.07, 6.45) is 6.69. The highest BCUT2D eigenvalue weighted by Gasteiger charge is 2.29. The van der Waals surface area contributed by atoms with Gasteiger partial charge in [0.1, 0.15) is 0 Å². The van der Waals surface area contributed by atoms with Gasteiger partial charge in [0.25, 0.3) is 0 Å². The third-order valence-electron chi connectivity index (χ3n) is 3.46. The predicted octanol–water partition coefficient (Wildman–Crippen LogP) is 3.77. The summed E-state index contributed by atoms with van der Waals surface area (Å²) in [5.41, 5.74) is 1.45. The minimum atomic E-state index is 0.760. The van der Waals surface area contributed by atoms with Gasteiger partial charge in [0.05, 0.1) is 0 Å². The van der Waals surface area contributed by atoms with E-state index >= 15 is 0 Å². The molecule has 1 aromatic carbocycles. The van der Waals surface area contributed by atoms with E-state index in [1.807, 2.05) is 0 Å². The van der Waals surface area contributed by atoms with Gasteiger partial charge in [-0.15, -0.1) is 0 Å². The molecule has 0 radical (unpaired) electrons. The Bertz CT molecular complexity index is 316. The van der Waals surface area contributed by atoms with Gasteiger partial charge in [-0.3, -0.25) is 0 Å². The Balaban J connectivity index is 1.72. The smallest absolute Gasteiger partial charge is 0.0175 e. The molecule has 1 aromatic rings. The van der Waals surface area contributed by atoms with Gasteiger partial charge in [0.15, 0.2) is 0 Å². The van der Waals surface area contributed by atoms with Crippen LogP contribution >= 0.6 is 15.9 Å². The number of hydrogen-bond donors (Lipinski definition) is 1. The highest BCUT2D eigenvalue weighted by Crippen LogP contribution is 2.34. The normalized spacial score (nSPS) is 17.4. The molecule has 0 bridgehead atoms. The van der Waals surface area contributed by atoms with Gasteiger partial charge in [-0.2, -0.15) is 0 Å². The van der Waals surface area contributed by atoms with Crippen molar-refractivity contribution in [3.63, 3.8) is 0 Å². The van der Waals surface area contributed by atoms with Crippen molar-refractivity contribution in [3.8, 4) is 0 Å². The lowest BCUT2D eigenvalue weighted by Crippen LogP contribution is -2.27. The van der Waals surface area contributed by atoms with Crippen molar-refractivity contribution in [2.24, 2.45) is 5.92 Å². The van der Waals surface area contributed by atoms with Crippen molar-refractivity contribution >= 4 is 15.9 Å². The summed E-state index contributed by atoms with van der Waals surface area (Å²) in [7, 11) is 2.10. The Labute approximate surface area is 107 Å². The van der Waals surface area contributed by atoms with Crippen LogP contribution in [0.5, 0.6) is 0 Å². The van der Waals surface area contributed by atoms with Crippen molar-refractivity contribution in [2.75, 3.05) is 7.05 Å². The molecular formula is C14H20BrN. The molecule has 1 aliphatic rings. The molecule has 0 aromatic heterocycles. The molecule has 1 nitrogen and oxygen atoms in total. The maximum Gasteiger partial charge on any atom is 0.0175 e. The van der Waals surface area contributed by atoms with Crippen molar-refractivity contribution in [1.29, 1.82) is 0 Å². The fourth-order valence-electron chi connectivity index (χ4n) is 2.29. The van der Waals surface area contributed by atoms with Crippen LogP contribution in [0.1, 0.15) is 31.2 Å². The lowest BCUT2D eigenvalue weighted by atomic mass is 10.0. The summed E-state index contributed by atoms with van der Waals surface area (Å²) in [6.45, 7) is 0. The van der Waals surface area contributed by atoms with Crippen LogP contribution in [0.25, 0.3) is 0 Å². The summed E-state index contributed by atoms with van der Waals surface area (Å²) < 4.78 is 1.17. The summed E-state index contributed by atoms with van der Waals surface area (Å²) in [5, 5.41) is 3.45. The predicted molar refractivity (Wildman–Crippen MR) is 72.7 cm³/mol. The number of halogens is 1. The molecule has 2 heteroatoms. The maximum absolute atomic E-state index is 3.47.